The number of fused-ring (bicyclic) bond motifs is 2. The van der Waals surface area contributed by atoms with Gasteiger partial charge in [0.05, 0.1) is 22.1 Å². The van der Waals surface area contributed by atoms with Gasteiger partial charge in [-0.1, -0.05) is 18.2 Å². The van der Waals surface area contributed by atoms with Crippen LogP contribution in [0.3, 0.4) is 0 Å². The number of nitrogens with one attached hydrogen (secondary N) is 3. The number of carbonyl (C=O) groups is 1. The largest absolute Gasteiger partial charge is 0.349 e. The van der Waals surface area contributed by atoms with Crippen molar-refractivity contribution in [3.05, 3.63) is 69.9 Å². The second kappa shape index (κ2) is 7.40. The van der Waals surface area contributed by atoms with Crippen molar-refractivity contribution in [3.8, 4) is 0 Å². The van der Waals surface area contributed by atoms with E-state index in [1.807, 2.05) is 49.4 Å². The third-order valence-corrected chi connectivity index (χ3v) is 6.04. The quantitative estimate of drug-likeness (QED) is 0.488. The second-order valence-corrected chi connectivity index (χ2v) is 8.06. The highest BCUT2D eigenvalue weighted by molar-refractivity contribution is 5.97. The van der Waals surface area contributed by atoms with Crippen molar-refractivity contribution in [2.24, 2.45) is 0 Å². The Balaban J connectivity index is 1.27. The van der Waals surface area contributed by atoms with Crippen LogP contribution in [0.1, 0.15) is 53.5 Å². The molecular formula is C23H23N5O2. The summed E-state index contributed by atoms with van der Waals surface area (Å²) in [5.74, 6) is 1.06. The summed E-state index contributed by atoms with van der Waals surface area (Å²) >= 11 is 0. The molecule has 0 unspecified atom stereocenters. The molecule has 3 N–H and O–H groups in total. The van der Waals surface area contributed by atoms with Crippen LogP contribution in [0.5, 0.6) is 0 Å². The number of aromatic nitrogens is 4. The van der Waals surface area contributed by atoms with Gasteiger partial charge in [0.2, 0.25) is 0 Å². The molecule has 2 aromatic heterocycles. The molecule has 5 rings (SSSR count). The van der Waals surface area contributed by atoms with Crippen LogP contribution in [0.25, 0.3) is 21.8 Å². The maximum Gasteiger partial charge on any atom is 0.272 e. The van der Waals surface area contributed by atoms with Gasteiger partial charge < -0.3 is 10.3 Å². The van der Waals surface area contributed by atoms with Crippen LogP contribution >= 0.6 is 0 Å². The molecule has 1 saturated carbocycles. The highest BCUT2D eigenvalue weighted by atomic mass is 16.1. The average molecular weight is 401 g/mol. The van der Waals surface area contributed by atoms with Gasteiger partial charge in [0, 0.05) is 22.9 Å². The van der Waals surface area contributed by atoms with Gasteiger partial charge in [-0.05, 0) is 56.9 Å². The zero-order valence-corrected chi connectivity index (χ0v) is 16.7. The molecule has 1 fully saturated rings. The van der Waals surface area contributed by atoms with E-state index in [1.165, 1.54) is 0 Å². The lowest BCUT2D eigenvalue weighted by atomic mass is 9.82. The molecule has 0 saturated heterocycles. The number of aromatic amines is 2. The van der Waals surface area contributed by atoms with Crippen molar-refractivity contribution >= 4 is 27.7 Å². The minimum atomic E-state index is -0.153. The summed E-state index contributed by atoms with van der Waals surface area (Å²) in [6.07, 6.45) is 3.62. The highest BCUT2D eigenvalue weighted by Crippen LogP contribution is 2.34. The van der Waals surface area contributed by atoms with Crippen molar-refractivity contribution < 1.29 is 4.79 Å². The average Bonchev–Trinajstić information content (AvgIpc) is 3.14. The Morgan fingerprint density at radius 3 is 2.63 bits per heavy atom. The minimum Gasteiger partial charge on any atom is -0.349 e. The Bertz CT molecular complexity index is 1300. The Morgan fingerprint density at radius 1 is 1.07 bits per heavy atom. The first-order valence-corrected chi connectivity index (χ1v) is 10.3. The summed E-state index contributed by atoms with van der Waals surface area (Å²) in [6, 6.07) is 13.3. The Kier molecular flexibility index (Phi) is 4.58. The Labute approximate surface area is 172 Å². The number of hydrogen-bond donors (Lipinski definition) is 3. The molecular weight excluding hydrogens is 378 g/mol. The van der Waals surface area contributed by atoms with E-state index in [4.69, 9.17) is 0 Å². The van der Waals surface area contributed by atoms with Gasteiger partial charge in [0.25, 0.3) is 11.5 Å². The predicted molar refractivity (Wildman–Crippen MR) is 116 cm³/mol. The zero-order valence-electron chi connectivity index (χ0n) is 16.7. The molecule has 0 atom stereocenters. The van der Waals surface area contributed by atoms with Crippen LogP contribution in [-0.4, -0.2) is 32.1 Å². The Morgan fingerprint density at radius 2 is 1.83 bits per heavy atom. The van der Waals surface area contributed by atoms with Crippen LogP contribution in [0.15, 0.2) is 47.3 Å². The number of nitrogens with zero attached hydrogens (tertiary/aromatic N) is 2. The topological polar surface area (TPSA) is 104 Å². The number of aryl methyl sites for hydroxylation is 1. The van der Waals surface area contributed by atoms with Gasteiger partial charge in [0.1, 0.15) is 5.82 Å². The summed E-state index contributed by atoms with van der Waals surface area (Å²) in [4.78, 5) is 32.3. The van der Waals surface area contributed by atoms with E-state index in [1.54, 1.807) is 0 Å². The first-order valence-electron chi connectivity index (χ1n) is 10.3. The molecule has 1 amide bonds. The van der Waals surface area contributed by atoms with Gasteiger partial charge in [0.15, 0.2) is 0 Å². The number of benzene rings is 2. The fourth-order valence-corrected chi connectivity index (χ4v) is 4.51. The van der Waals surface area contributed by atoms with Crippen molar-refractivity contribution in [2.75, 3.05) is 0 Å². The third kappa shape index (κ3) is 3.36. The van der Waals surface area contributed by atoms with Crippen molar-refractivity contribution in [3.63, 3.8) is 0 Å². The fraction of sp³-hybridized carbons (Fsp3) is 0.304. The smallest absolute Gasteiger partial charge is 0.272 e. The molecule has 0 bridgehead atoms. The van der Waals surface area contributed by atoms with Gasteiger partial charge in [-0.25, -0.2) is 10.1 Å². The molecule has 2 heterocycles. The normalized spacial score (nSPS) is 19.2. The number of rotatable bonds is 3. The monoisotopic (exact) mass is 401 g/mol. The van der Waals surface area contributed by atoms with Gasteiger partial charge >= 0.3 is 0 Å². The van der Waals surface area contributed by atoms with Gasteiger partial charge in [-0.2, -0.15) is 5.10 Å². The number of carbonyl (C=O) groups excluding carboxylic acids is 1. The van der Waals surface area contributed by atoms with Crippen LogP contribution in [0.2, 0.25) is 0 Å². The standard InChI is InChI=1S/C23H23N5O2/c1-13-24-19-11-8-15(12-20(19)25-13)22(29)26-16-9-6-14(7-10-16)21-17-4-2-3-5-18(17)23(30)28-27-21/h2-5,8,11-12,14,16H,6-7,9-10H2,1H3,(H,24,25)(H,26,29)(H,28,30). The summed E-state index contributed by atoms with van der Waals surface area (Å²) in [5.41, 5.74) is 3.18. The maximum atomic E-state index is 12.7. The lowest BCUT2D eigenvalue weighted by molar-refractivity contribution is 0.0926. The third-order valence-electron chi connectivity index (χ3n) is 6.04. The molecule has 0 aliphatic heterocycles. The molecule has 30 heavy (non-hydrogen) atoms. The van der Waals surface area contributed by atoms with Crippen LogP contribution < -0.4 is 10.9 Å². The summed E-state index contributed by atoms with van der Waals surface area (Å²) in [5, 5.41) is 11.8. The van der Waals surface area contributed by atoms with E-state index in [-0.39, 0.29) is 23.4 Å². The minimum absolute atomic E-state index is 0.0554. The summed E-state index contributed by atoms with van der Waals surface area (Å²) in [7, 11) is 0. The van der Waals surface area contributed by atoms with Crippen LogP contribution in [0.4, 0.5) is 0 Å². The lowest BCUT2D eigenvalue weighted by Gasteiger charge is -2.29. The fourth-order valence-electron chi connectivity index (χ4n) is 4.51. The van der Waals surface area contributed by atoms with E-state index in [9.17, 15) is 9.59 Å². The number of amides is 1. The molecule has 0 radical (unpaired) electrons. The van der Waals surface area contributed by atoms with Crippen LogP contribution in [-0.2, 0) is 0 Å². The van der Waals surface area contributed by atoms with E-state index in [0.717, 1.165) is 53.6 Å². The first-order chi connectivity index (χ1) is 14.6. The molecule has 0 spiro atoms. The van der Waals surface area contributed by atoms with Crippen molar-refractivity contribution in [1.82, 2.24) is 25.5 Å². The SMILES string of the molecule is Cc1nc2ccc(C(=O)NC3CCC(c4n[nH]c(=O)c5ccccc45)CC3)cc2[nH]1. The molecule has 4 aromatic rings. The Hall–Kier alpha value is -3.48. The first kappa shape index (κ1) is 18.5. The van der Waals surface area contributed by atoms with Crippen molar-refractivity contribution in [1.29, 1.82) is 0 Å². The summed E-state index contributed by atoms with van der Waals surface area (Å²) < 4.78 is 0. The molecule has 7 nitrogen and oxygen atoms in total. The van der Waals surface area contributed by atoms with Gasteiger partial charge in [-0.15, -0.1) is 0 Å². The molecule has 1 aliphatic rings. The van der Waals surface area contributed by atoms with Crippen molar-refractivity contribution in [2.45, 2.75) is 44.6 Å². The lowest BCUT2D eigenvalue weighted by Crippen LogP contribution is -2.37. The molecule has 1 aliphatic carbocycles. The van der Waals surface area contributed by atoms with Crippen LogP contribution in [0, 0.1) is 6.92 Å². The summed E-state index contributed by atoms with van der Waals surface area (Å²) in [6.45, 7) is 1.90. The zero-order chi connectivity index (χ0) is 20.7. The number of imidazole rings is 1. The molecule has 7 heteroatoms. The number of H-pyrrole nitrogens is 2. The maximum absolute atomic E-state index is 12.7. The predicted octanol–water partition coefficient (Wildman–Crippen LogP) is 3.56. The highest BCUT2D eigenvalue weighted by Gasteiger charge is 2.26. The van der Waals surface area contributed by atoms with E-state index in [0.29, 0.717) is 10.9 Å². The van der Waals surface area contributed by atoms with E-state index in [2.05, 4.69) is 25.5 Å². The van der Waals surface area contributed by atoms with E-state index >= 15 is 0 Å². The van der Waals surface area contributed by atoms with Gasteiger partial charge in [-0.3, -0.25) is 9.59 Å². The van der Waals surface area contributed by atoms with E-state index < -0.39 is 0 Å². The molecule has 2 aromatic carbocycles. The number of hydrogen-bond acceptors (Lipinski definition) is 4. The molecule has 152 valence electrons. The second-order valence-electron chi connectivity index (χ2n) is 8.06.